The number of aromatic amines is 2. The maximum Gasteiger partial charge on any atom is 0.345 e. The van der Waals surface area contributed by atoms with E-state index in [0.717, 1.165) is 0 Å². The second-order valence-corrected chi connectivity index (χ2v) is 4.07. The standard InChI is InChI=1S/C12H17N5O3/c1-13-7-5-8(18)6(12(19)20-4)9(14-2)16-10(5)17-11(7)15-3/h13,15H,1-4H3,(H3,14,16,17,18). The molecule has 0 fully saturated rings. The van der Waals surface area contributed by atoms with Crippen LogP contribution < -0.4 is 21.4 Å². The van der Waals surface area contributed by atoms with Crippen molar-refractivity contribution in [2.75, 3.05) is 44.2 Å². The summed E-state index contributed by atoms with van der Waals surface area (Å²) in [6.07, 6.45) is 0. The zero-order chi connectivity index (χ0) is 14.9. The fraction of sp³-hybridized carbons (Fsp3) is 0.333. The van der Waals surface area contributed by atoms with E-state index in [1.54, 1.807) is 21.1 Å². The van der Waals surface area contributed by atoms with E-state index in [-0.39, 0.29) is 5.56 Å². The molecule has 2 heterocycles. The Morgan fingerprint density at radius 2 is 1.65 bits per heavy atom. The molecule has 0 saturated heterocycles. The van der Waals surface area contributed by atoms with Crippen molar-refractivity contribution in [3.63, 3.8) is 0 Å². The van der Waals surface area contributed by atoms with E-state index in [1.165, 1.54) is 7.11 Å². The van der Waals surface area contributed by atoms with Crippen LogP contribution in [0.25, 0.3) is 11.0 Å². The minimum Gasteiger partial charge on any atom is -0.465 e. The molecule has 2 aromatic heterocycles. The summed E-state index contributed by atoms with van der Waals surface area (Å²) in [6, 6.07) is 0. The first kappa shape index (κ1) is 13.8. The van der Waals surface area contributed by atoms with Crippen LogP contribution in [0.1, 0.15) is 10.4 Å². The molecule has 0 aliphatic carbocycles. The highest BCUT2D eigenvalue weighted by Crippen LogP contribution is 2.29. The molecule has 0 bridgehead atoms. The van der Waals surface area contributed by atoms with Crippen molar-refractivity contribution in [2.24, 2.45) is 0 Å². The van der Waals surface area contributed by atoms with Crippen LogP contribution in [0.15, 0.2) is 4.79 Å². The lowest BCUT2D eigenvalue weighted by Crippen LogP contribution is -2.20. The monoisotopic (exact) mass is 279 g/mol. The second-order valence-electron chi connectivity index (χ2n) is 4.07. The van der Waals surface area contributed by atoms with Crippen LogP contribution in [0, 0.1) is 0 Å². The molecule has 0 aromatic carbocycles. The van der Waals surface area contributed by atoms with Crippen molar-refractivity contribution in [1.29, 1.82) is 0 Å². The lowest BCUT2D eigenvalue weighted by Gasteiger charge is -2.07. The molecule has 0 spiro atoms. The van der Waals surface area contributed by atoms with Gasteiger partial charge in [0.25, 0.3) is 0 Å². The third-order valence-corrected chi connectivity index (χ3v) is 3.09. The topological polar surface area (TPSA) is 111 Å². The van der Waals surface area contributed by atoms with E-state index >= 15 is 0 Å². The molecule has 108 valence electrons. The molecular weight excluding hydrogens is 262 g/mol. The second kappa shape index (κ2) is 5.16. The quantitative estimate of drug-likeness (QED) is 0.529. The molecule has 5 N–H and O–H groups in total. The third kappa shape index (κ3) is 1.85. The van der Waals surface area contributed by atoms with E-state index in [1.807, 2.05) is 0 Å². The number of hydrogen-bond donors (Lipinski definition) is 5. The van der Waals surface area contributed by atoms with Gasteiger partial charge in [-0.3, -0.25) is 4.79 Å². The Labute approximate surface area is 114 Å². The van der Waals surface area contributed by atoms with Crippen LogP contribution >= 0.6 is 0 Å². The average Bonchev–Trinajstić information content (AvgIpc) is 2.83. The van der Waals surface area contributed by atoms with Gasteiger partial charge in [-0.2, -0.15) is 0 Å². The summed E-state index contributed by atoms with van der Waals surface area (Å²) >= 11 is 0. The molecule has 8 nitrogen and oxygen atoms in total. The predicted molar refractivity (Wildman–Crippen MR) is 78.9 cm³/mol. The number of ether oxygens (including phenoxy) is 1. The van der Waals surface area contributed by atoms with Crippen molar-refractivity contribution in [3.8, 4) is 0 Å². The lowest BCUT2D eigenvalue weighted by molar-refractivity contribution is 0.0600. The van der Waals surface area contributed by atoms with Crippen LogP contribution in [0.4, 0.5) is 17.3 Å². The highest BCUT2D eigenvalue weighted by Gasteiger charge is 2.23. The summed E-state index contributed by atoms with van der Waals surface area (Å²) in [4.78, 5) is 30.4. The molecule has 0 radical (unpaired) electrons. The van der Waals surface area contributed by atoms with Crippen molar-refractivity contribution >= 4 is 34.3 Å². The Bertz CT molecular complexity index is 716. The van der Waals surface area contributed by atoms with E-state index < -0.39 is 11.4 Å². The highest BCUT2D eigenvalue weighted by molar-refractivity contribution is 6.04. The number of hydrogen-bond acceptors (Lipinski definition) is 6. The van der Waals surface area contributed by atoms with Gasteiger partial charge in [0, 0.05) is 21.1 Å². The van der Waals surface area contributed by atoms with Gasteiger partial charge in [0.05, 0.1) is 18.2 Å². The van der Waals surface area contributed by atoms with E-state index in [9.17, 15) is 9.59 Å². The van der Waals surface area contributed by atoms with Crippen LogP contribution in [0.5, 0.6) is 0 Å². The zero-order valence-electron chi connectivity index (χ0n) is 11.7. The van der Waals surface area contributed by atoms with Gasteiger partial charge < -0.3 is 30.7 Å². The summed E-state index contributed by atoms with van der Waals surface area (Å²) in [5.41, 5.74) is 0.648. The minimum absolute atomic E-state index is 0.0550. The molecule has 0 amide bonds. The molecule has 0 aliphatic heterocycles. The zero-order valence-corrected chi connectivity index (χ0v) is 11.7. The number of anilines is 3. The number of carbonyl (C=O) groups excluding carboxylic acids is 1. The van der Waals surface area contributed by atoms with Gasteiger partial charge in [0.1, 0.15) is 22.8 Å². The first-order valence-electron chi connectivity index (χ1n) is 6.02. The summed E-state index contributed by atoms with van der Waals surface area (Å²) in [5, 5.41) is 9.06. The van der Waals surface area contributed by atoms with Gasteiger partial charge in [-0.05, 0) is 0 Å². The molecular formula is C12H17N5O3. The average molecular weight is 279 g/mol. The molecule has 20 heavy (non-hydrogen) atoms. The van der Waals surface area contributed by atoms with E-state index in [4.69, 9.17) is 0 Å². The fourth-order valence-electron chi connectivity index (χ4n) is 2.17. The number of carbonyl (C=O) groups is 1. The van der Waals surface area contributed by atoms with Gasteiger partial charge in [-0.1, -0.05) is 0 Å². The number of H-pyrrole nitrogens is 2. The number of rotatable bonds is 4. The Kier molecular flexibility index (Phi) is 3.55. The first-order valence-corrected chi connectivity index (χ1v) is 6.02. The van der Waals surface area contributed by atoms with Crippen LogP contribution in [-0.4, -0.2) is 44.2 Å². The highest BCUT2D eigenvalue weighted by atomic mass is 16.5. The van der Waals surface area contributed by atoms with Crippen molar-refractivity contribution < 1.29 is 9.53 Å². The normalized spacial score (nSPS) is 10.4. The number of esters is 1. The summed E-state index contributed by atoms with van der Waals surface area (Å²) in [7, 11) is 6.29. The maximum atomic E-state index is 12.6. The molecule has 2 rings (SSSR count). The fourth-order valence-corrected chi connectivity index (χ4v) is 2.17. The summed E-state index contributed by atoms with van der Waals surface area (Å²) in [6.45, 7) is 0. The molecule has 8 heteroatoms. The minimum atomic E-state index is -0.688. The Morgan fingerprint density at radius 3 is 2.15 bits per heavy atom. The summed E-state index contributed by atoms with van der Waals surface area (Å²) in [5.74, 6) is 0.271. The van der Waals surface area contributed by atoms with Crippen LogP contribution in [0.3, 0.4) is 0 Å². The maximum absolute atomic E-state index is 12.6. The van der Waals surface area contributed by atoms with Gasteiger partial charge in [-0.25, -0.2) is 4.79 Å². The Balaban J connectivity index is 2.91. The summed E-state index contributed by atoms with van der Waals surface area (Å²) < 4.78 is 4.67. The predicted octanol–water partition coefficient (Wildman–Crippen LogP) is 0.768. The first-order chi connectivity index (χ1) is 9.58. The van der Waals surface area contributed by atoms with Gasteiger partial charge in [0.2, 0.25) is 5.43 Å². The Morgan fingerprint density at radius 1 is 1.05 bits per heavy atom. The molecule has 0 unspecified atom stereocenters. The SMILES string of the molecule is CNc1[nH]c2[nH]c(NC)c(NC)c2c(=O)c1C(=O)OC. The molecule has 2 aromatic rings. The van der Waals surface area contributed by atoms with Gasteiger partial charge in [0.15, 0.2) is 0 Å². The van der Waals surface area contributed by atoms with Crippen molar-refractivity contribution in [1.82, 2.24) is 9.97 Å². The van der Waals surface area contributed by atoms with Crippen LogP contribution in [-0.2, 0) is 4.74 Å². The van der Waals surface area contributed by atoms with Crippen molar-refractivity contribution in [2.45, 2.75) is 0 Å². The number of nitrogens with one attached hydrogen (secondary N) is 5. The lowest BCUT2D eigenvalue weighted by atomic mass is 10.2. The van der Waals surface area contributed by atoms with E-state index in [2.05, 4.69) is 30.7 Å². The third-order valence-electron chi connectivity index (χ3n) is 3.09. The molecule has 0 saturated carbocycles. The number of methoxy groups -OCH3 is 1. The van der Waals surface area contributed by atoms with Crippen LogP contribution in [0.2, 0.25) is 0 Å². The Hall–Kier alpha value is -2.64. The largest absolute Gasteiger partial charge is 0.465 e. The number of fused-ring (bicyclic) bond motifs is 1. The molecule has 0 atom stereocenters. The molecule has 0 aliphatic rings. The number of pyridine rings is 1. The van der Waals surface area contributed by atoms with E-state index in [0.29, 0.717) is 28.4 Å². The van der Waals surface area contributed by atoms with Crippen molar-refractivity contribution in [3.05, 3.63) is 15.8 Å². The smallest absolute Gasteiger partial charge is 0.345 e. The van der Waals surface area contributed by atoms with Gasteiger partial charge >= 0.3 is 5.97 Å². The van der Waals surface area contributed by atoms with Gasteiger partial charge in [-0.15, -0.1) is 0 Å². The number of aromatic nitrogens is 2.